The molecule has 4 heteroatoms. The van der Waals surface area contributed by atoms with Crippen molar-refractivity contribution < 1.29 is 4.79 Å². The van der Waals surface area contributed by atoms with Crippen LogP contribution in [0.1, 0.15) is 36.7 Å². The Morgan fingerprint density at radius 2 is 1.73 bits per heavy atom. The second kappa shape index (κ2) is 4.38. The Morgan fingerprint density at radius 1 is 1.33 bits per heavy atom. The summed E-state index contributed by atoms with van der Waals surface area (Å²) in [5.74, 6) is 0. The molecule has 1 heterocycles. The summed E-state index contributed by atoms with van der Waals surface area (Å²) in [7, 11) is 0. The van der Waals surface area contributed by atoms with E-state index in [1.807, 2.05) is 0 Å². The summed E-state index contributed by atoms with van der Waals surface area (Å²) in [6, 6.07) is 0. The van der Waals surface area contributed by atoms with E-state index in [9.17, 15) is 0 Å². The highest BCUT2D eigenvalue weighted by Crippen LogP contribution is 2.49. The minimum absolute atomic E-state index is 0.250. The lowest BCUT2D eigenvalue weighted by molar-refractivity contribution is -0.106. The van der Waals surface area contributed by atoms with Gasteiger partial charge in [-0.1, -0.05) is 6.92 Å². The monoisotopic (exact) mass is 207 g/mol. The maximum atomic E-state index is 8.58. The SMILES string of the molecule is Cc1ncnc(C)c1C1(C)CC1.NC=O. The number of nitrogens with two attached hydrogens (primary N) is 1. The molecule has 1 aromatic heterocycles. The minimum atomic E-state index is 0.250. The van der Waals surface area contributed by atoms with Crippen LogP contribution in [0.3, 0.4) is 0 Å². The first-order chi connectivity index (χ1) is 7.05. The molecule has 0 radical (unpaired) electrons. The average Bonchev–Trinajstić information content (AvgIpc) is 2.85. The Morgan fingerprint density at radius 3 is 2.07 bits per heavy atom. The molecular formula is C11H17N3O. The average molecular weight is 207 g/mol. The largest absolute Gasteiger partial charge is 0.372 e. The molecule has 0 bridgehead atoms. The second-order valence-corrected chi connectivity index (χ2v) is 4.12. The van der Waals surface area contributed by atoms with Gasteiger partial charge in [-0.05, 0) is 32.1 Å². The number of aryl methyl sites for hydroxylation is 2. The Labute approximate surface area is 89.9 Å². The van der Waals surface area contributed by atoms with Crippen LogP contribution in [0.25, 0.3) is 0 Å². The van der Waals surface area contributed by atoms with Crippen LogP contribution in [0.5, 0.6) is 0 Å². The van der Waals surface area contributed by atoms with Gasteiger partial charge in [0.15, 0.2) is 0 Å². The van der Waals surface area contributed by atoms with E-state index in [4.69, 9.17) is 4.79 Å². The van der Waals surface area contributed by atoms with E-state index >= 15 is 0 Å². The fourth-order valence-electron chi connectivity index (χ4n) is 1.90. The number of nitrogens with zero attached hydrogens (tertiary/aromatic N) is 2. The molecule has 2 rings (SSSR count). The topological polar surface area (TPSA) is 68.9 Å². The maximum Gasteiger partial charge on any atom is 0.204 e. The molecule has 1 aliphatic rings. The predicted octanol–water partition coefficient (Wildman–Crippen LogP) is 1.25. The number of hydrogen-bond acceptors (Lipinski definition) is 3. The van der Waals surface area contributed by atoms with Gasteiger partial charge >= 0.3 is 0 Å². The number of amides is 1. The summed E-state index contributed by atoms with van der Waals surface area (Å²) in [5.41, 5.74) is 8.25. The van der Waals surface area contributed by atoms with Crippen LogP contribution in [0.2, 0.25) is 0 Å². The van der Waals surface area contributed by atoms with E-state index in [0.29, 0.717) is 5.41 Å². The Kier molecular flexibility index (Phi) is 3.39. The molecule has 0 aliphatic heterocycles. The van der Waals surface area contributed by atoms with Gasteiger partial charge in [0.25, 0.3) is 0 Å². The zero-order chi connectivity index (χ0) is 11.5. The summed E-state index contributed by atoms with van der Waals surface area (Å²) in [6.07, 6.45) is 4.49. The van der Waals surface area contributed by atoms with Crippen molar-refractivity contribution in [2.24, 2.45) is 5.73 Å². The van der Waals surface area contributed by atoms with E-state index in [1.54, 1.807) is 6.33 Å². The Bertz CT molecular complexity index is 339. The van der Waals surface area contributed by atoms with Crippen molar-refractivity contribution in [1.29, 1.82) is 0 Å². The molecule has 4 nitrogen and oxygen atoms in total. The van der Waals surface area contributed by atoms with Gasteiger partial charge in [0.1, 0.15) is 6.33 Å². The van der Waals surface area contributed by atoms with Gasteiger partial charge in [-0.3, -0.25) is 4.79 Å². The lowest BCUT2D eigenvalue weighted by Crippen LogP contribution is -2.08. The third kappa shape index (κ3) is 2.52. The molecule has 2 N–H and O–H groups in total. The molecule has 82 valence electrons. The van der Waals surface area contributed by atoms with Crippen LogP contribution in [0.15, 0.2) is 6.33 Å². The van der Waals surface area contributed by atoms with Gasteiger partial charge in [0.05, 0.1) is 0 Å². The van der Waals surface area contributed by atoms with Crippen molar-refractivity contribution in [2.75, 3.05) is 0 Å². The van der Waals surface area contributed by atoms with E-state index in [2.05, 4.69) is 36.5 Å². The molecule has 0 aromatic carbocycles. The molecule has 0 spiro atoms. The number of aromatic nitrogens is 2. The summed E-state index contributed by atoms with van der Waals surface area (Å²) in [4.78, 5) is 17.1. The smallest absolute Gasteiger partial charge is 0.204 e. The zero-order valence-electron chi connectivity index (χ0n) is 9.45. The lowest BCUT2D eigenvalue weighted by Gasteiger charge is -2.13. The molecule has 15 heavy (non-hydrogen) atoms. The van der Waals surface area contributed by atoms with Crippen molar-refractivity contribution in [2.45, 2.75) is 39.0 Å². The van der Waals surface area contributed by atoms with Crippen LogP contribution >= 0.6 is 0 Å². The molecular weight excluding hydrogens is 190 g/mol. The standard InChI is InChI=1S/C10H14N2.CH3NO/c1-7-9(10(3)4-5-10)8(2)12-6-11-7;2-1-3/h6H,4-5H2,1-3H3;1H,(H2,2,3). The van der Waals surface area contributed by atoms with Gasteiger partial charge in [0.2, 0.25) is 6.41 Å². The highest BCUT2D eigenvalue weighted by Gasteiger charge is 2.41. The lowest BCUT2D eigenvalue weighted by atomic mass is 9.95. The molecule has 1 aromatic rings. The summed E-state index contributed by atoms with van der Waals surface area (Å²) in [5, 5.41) is 0. The van der Waals surface area contributed by atoms with Gasteiger partial charge in [0, 0.05) is 17.0 Å². The van der Waals surface area contributed by atoms with Crippen molar-refractivity contribution in [3.8, 4) is 0 Å². The van der Waals surface area contributed by atoms with Crippen molar-refractivity contribution in [3.05, 3.63) is 23.3 Å². The number of primary amides is 1. The van der Waals surface area contributed by atoms with Crippen LogP contribution in [0.4, 0.5) is 0 Å². The van der Waals surface area contributed by atoms with E-state index < -0.39 is 0 Å². The molecule has 1 aliphatic carbocycles. The summed E-state index contributed by atoms with van der Waals surface area (Å²) >= 11 is 0. The number of carbonyl (C=O) groups is 1. The minimum Gasteiger partial charge on any atom is -0.372 e. The second-order valence-electron chi connectivity index (χ2n) is 4.12. The van der Waals surface area contributed by atoms with Gasteiger partial charge in [-0.2, -0.15) is 0 Å². The Hall–Kier alpha value is -1.45. The first-order valence-corrected chi connectivity index (χ1v) is 4.99. The highest BCUT2D eigenvalue weighted by molar-refractivity contribution is 5.42. The summed E-state index contributed by atoms with van der Waals surface area (Å²) < 4.78 is 0. The van der Waals surface area contributed by atoms with Gasteiger partial charge in [-0.25, -0.2) is 9.97 Å². The molecule has 0 saturated heterocycles. The number of rotatable bonds is 1. The van der Waals surface area contributed by atoms with Crippen LogP contribution in [-0.4, -0.2) is 16.4 Å². The van der Waals surface area contributed by atoms with Gasteiger partial charge < -0.3 is 5.73 Å². The first-order valence-electron chi connectivity index (χ1n) is 4.99. The van der Waals surface area contributed by atoms with Crippen molar-refractivity contribution in [3.63, 3.8) is 0 Å². The zero-order valence-corrected chi connectivity index (χ0v) is 9.45. The molecule has 0 unspecified atom stereocenters. The number of carbonyl (C=O) groups excluding carboxylic acids is 1. The summed E-state index contributed by atoms with van der Waals surface area (Å²) in [6.45, 7) is 6.45. The van der Waals surface area contributed by atoms with E-state index in [0.717, 1.165) is 11.4 Å². The van der Waals surface area contributed by atoms with E-state index in [1.165, 1.54) is 18.4 Å². The predicted molar refractivity (Wildman–Crippen MR) is 58.3 cm³/mol. The van der Waals surface area contributed by atoms with Crippen LogP contribution in [0, 0.1) is 13.8 Å². The molecule has 1 amide bonds. The fraction of sp³-hybridized carbons (Fsp3) is 0.545. The van der Waals surface area contributed by atoms with Crippen LogP contribution in [-0.2, 0) is 10.2 Å². The molecule has 1 fully saturated rings. The molecule has 1 saturated carbocycles. The third-order valence-electron chi connectivity index (χ3n) is 2.83. The Balaban J connectivity index is 0.000000337. The van der Waals surface area contributed by atoms with Gasteiger partial charge in [-0.15, -0.1) is 0 Å². The molecule has 0 atom stereocenters. The third-order valence-corrected chi connectivity index (χ3v) is 2.83. The first kappa shape index (κ1) is 11.6. The quantitative estimate of drug-likeness (QED) is 0.704. The highest BCUT2D eigenvalue weighted by atomic mass is 16.1. The maximum absolute atomic E-state index is 8.58. The van der Waals surface area contributed by atoms with Crippen molar-refractivity contribution >= 4 is 6.41 Å². The van der Waals surface area contributed by atoms with E-state index in [-0.39, 0.29) is 6.41 Å². The normalized spacial score (nSPS) is 16.2. The number of hydrogen-bond donors (Lipinski definition) is 1. The fourth-order valence-corrected chi connectivity index (χ4v) is 1.90. The van der Waals surface area contributed by atoms with Crippen molar-refractivity contribution in [1.82, 2.24) is 9.97 Å². The van der Waals surface area contributed by atoms with Crippen LogP contribution < -0.4 is 5.73 Å².